The van der Waals surface area contributed by atoms with Gasteiger partial charge in [0.1, 0.15) is 11.5 Å². The van der Waals surface area contributed by atoms with Crippen molar-refractivity contribution in [2.45, 2.75) is 18.9 Å². The van der Waals surface area contributed by atoms with Crippen molar-refractivity contribution in [3.63, 3.8) is 0 Å². The molecule has 7 heteroatoms. The van der Waals surface area contributed by atoms with Crippen molar-refractivity contribution in [2.75, 3.05) is 18.0 Å². The smallest absolute Gasteiger partial charge is 0.293 e. The highest BCUT2D eigenvalue weighted by Crippen LogP contribution is 2.33. The van der Waals surface area contributed by atoms with E-state index in [1.165, 1.54) is 12.1 Å². The van der Waals surface area contributed by atoms with Crippen LogP contribution in [-0.4, -0.2) is 29.2 Å². The maximum atomic E-state index is 13.6. The Kier molecular flexibility index (Phi) is 4.00. The van der Waals surface area contributed by atoms with Gasteiger partial charge in [-0.3, -0.25) is 10.1 Å². The second-order valence-electron chi connectivity index (χ2n) is 4.25. The average Bonchev–Trinajstić information content (AvgIpc) is 2.31. The monoisotopic (exact) mass is 366 g/mol. The first kappa shape index (κ1) is 13.5. The van der Waals surface area contributed by atoms with E-state index in [1.807, 2.05) is 0 Å². The number of nitro groups is 1. The molecule has 0 radical (unpaired) electrons. The van der Waals surface area contributed by atoms with Crippen molar-refractivity contribution >= 4 is 34.0 Å². The predicted molar refractivity (Wildman–Crippen MR) is 73.2 cm³/mol. The van der Waals surface area contributed by atoms with Crippen molar-refractivity contribution in [3.05, 3.63) is 31.6 Å². The molecule has 1 N–H and O–H groups in total. The first-order valence-corrected chi connectivity index (χ1v) is 6.63. The SMILES string of the molecule is O=[N+]([O-])c1cc(I)c(F)cc1N1CCC[C@H](O)C1. The van der Waals surface area contributed by atoms with Crippen molar-refractivity contribution in [1.82, 2.24) is 0 Å². The van der Waals surface area contributed by atoms with E-state index in [4.69, 9.17) is 0 Å². The molecule has 0 unspecified atom stereocenters. The second-order valence-corrected chi connectivity index (χ2v) is 5.42. The van der Waals surface area contributed by atoms with Gasteiger partial charge in [0.05, 0.1) is 14.6 Å². The Bertz CT molecular complexity index is 484. The number of rotatable bonds is 2. The highest BCUT2D eigenvalue weighted by Gasteiger charge is 2.26. The normalized spacial score (nSPS) is 19.9. The predicted octanol–water partition coefficient (Wildman–Crippen LogP) is 2.30. The number of nitro benzene ring substituents is 1. The fourth-order valence-corrected chi connectivity index (χ4v) is 2.55. The Morgan fingerprint density at radius 1 is 1.56 bits per heavy atom. The standard InChI is InChI=1S/C11H12FIN2O3/c12-8-4-10(11(15(17)18)5-9(8)13)14-3-1-2-7(16)6-14/h4-5,7,16H,1-3,6H2/t7-/m0/s1. The maximum Gasteiger partial charge on any atom is 0.293 e. The minimum absolute atomic E-state index is 0.116. The summed E-state index contributed by atoms with van der Waals surface area (Å²) < 4.78 is 13.8. The van der Waals surface area contributed by atoms with Crippen LogP contribution in [0.15, 0.2) is 12.1 Å². The molecule has 1 aliphatic rings. The number of halogens is 2. The van der Waals surface area contributed by atoms with E-state index in [0.717, 1.165) is 6.42 Å². The molecule has 18 heavy (non-hydrogen) atoms. The van der Waals surface area contributed by atoms with Crippen LogP contribution in [0.2, 0.25) is 0 Å². The third kappa shape index (κ3) is 2.72. The Morgan fingerprint density at radius 3 is 2.89 bits per heavy atom. The Balaban J connectivity index is 2.41. The van der Waals surface area contributed by atoms with E-state index in [0.29, 0.717) is 19.5 Å². The molecular formula is C11H12FIN2O3. The highest BCUT2D eigenvalue weighted by atomic mass is 127. The zero-order valence-corrected chi connectivity index (χ0v) is 11.6. The van der Waals surface area contributed by atoms with E-state index < -0.39 is 16.8 Å². The number of nitrogens with zero attached hydrogens (tertiary/aromatic N) is 2. The third-order valence-electron chi connectivity index (χ3n) is 2.95. The van der Waals surface area contributed by atoms with Crippen LogP contribution in [0.25, 0.3) is 0 Å². The van der Waals surface area contributed by atoms with E-state index in [1.54, 1.807) is 27.5 Å². The van der Waals surface area contributed by atoms with Crippen LogP contribution in [0, 0.1) is 19.5 Å². The van der Waals surface area contributed by atoms with Crippen LogP contribution < -0.4 is 4.90 Å². The summed E-state index contributed by atoms with van der Waals surface area (Å²) in [7, 11) is 0. The molecule has 0 spiro atoms. The number of benzene rings is 1. The van der Waals surface area contributed by atoms with Gasteiger partial charge in [0.2, 0.25) is 0 Å². The van der Waals surface area contributed by atoms with E-state index in [-0.39, 0.29) is 14.9 Å². The van der Waals surface area contributed by atoms with E-state index in [2.05, 4.69) is 0 Å². The van der Waals surface area contributed by atoms with Gasteiger partial charge in [-0.2, -0.15) is 0 Å². The Hall–Kier alpha value is -0.960. The molecule has 1 aromatic rings. The van der Waals surface area contributed by atoms with E-state index >= 15 is 0 Å². The summed E-state index contributed by atoms with van der Waals surface area (Å²) >= 11 is 1.73. The van der Waals surface area contributed by atoms with Crippen molar-refractivity contribution in [2.24, 2.45) is 0 Å². The highest BCUT2D eigenvalue weighted by molar-refractivity contribution is 14.1. The summed E-state index contributed by atoms with van der Waals surface area (Å²) in [5.41, 5.74) is 0.131. The lowest BCUT2D eigenvalue weighted by atomic mass is 10.1. The number of anilines is 1. The van der Waals surface area contributed by atoms with Crippen LogP contribution >= 0.6 is 22.6 Å². The van der Waals surface area contributed by atoms with Gasteiger partial charge in [0.25, 0.3) is 5.69 Å². The number of aliphatic hydroxyl groups is 1. The molecule has 5 nitrogen and oxygen atoms in total. The molecule has 1 aromatic carbocycles. The molecule has 1 heterocycles. The molecule has 1 fully saturated rings. The number of β-amino-alcohol motifs (C(OH)–C–C–N with tert-alkyl or cyclic N) is 1. The first-order chi connectivity index (χ1) is 8.49. The minimum atomic E-state index is -0.516. The fraction of sp³-hybridized carbons (Fsp3) is 0.455. The quantitative estimate of drug-likeness (QED) is 0.496. The lowest BCUT2D eigenvalue weighted by Crippen LogP contribution is -2.38. The first-order valence-electron chi connectivity index (χ1n) is 5.55. The summed E-state index contributed by atoms with van der Waals surface area (Å²) in [5, 5.41) is 20.6. The van der Waals surface area contributed by atoms with Crippen molar-refractivity contribution in [1.29, 1.82) is 0 Å². The molecule has 0 aliphatic carbocycles. The molecule has 1 aliphatic heterocycles. The van der Waals surface area contributed by atoms with Gasteiger partial charge >= 0.3 is 0 Å². The third-order valence-corrected chi connectivity index (χ3v) is 3.78. The van der Waals surface area contributed by atoms with Crippen molar-refractivity contribution < 1.29 is 14.4 Å². The maximum absolute atomic E-state index is 13.6. The van der Waals surface area contributed by atoms with Gasteiger partial charge in [0, 0.05) is 25.2 Å². The van der Waals surface area contributed by atoms with Gasteiger partial charge in [-0.15, -0.1) is 0 Å². The molecule has 2 rings (SSSR count). The Morgan fingerprint density at radius 2 is 2.28 bits per heavy atom. The molecule has 1 atom stereocenters. The molecule has 1 saturated heterocycles. The molecule has 98 valence electrons. The zero-order valence-electron chi connectivity index (χ0n) is 9.47. The summed E-state index contributed by atoms with van der Waals surface area (Å²) in [6.45, 7) is 0.902. The average molecular weight is 366 g/mol. The van der Waals surface area contributed by atoms with Crippen molar-refractivity contribution in [3.8, 4) is 0 Å². The largest absolute Gasteiger partial charge is 0.391 e. The molecule has 0 bridgehead atoms. The summed E-state index contributed by atoms with van der Waals surface area (Å²) in [5.74, 6) is -0.476. The van der Waals surface area contributed by atoms with Gasteiger partial charge < -0.3 is 10.0 Å². The lowest BCUT2D eigenvalue weighted by Gasteiger charge is -2.31. The van der Waals surface area contributed by atoms with Crippen LogP contribution in [0.1, 0.15) is 12.8 Å². The van der Waals surface area contributed by atoms with Gasteiger partial charge in [-0.05, 0) is 35.4 Å². The molecule has 0 saturated carbocycles. The summed E-state index contributed by atoms with van der Waals surface area (Å²) in [6.07, 6.45) is 0.906. The summed E-state index contributed by atoms with van der Waals surface area (Å²) in [6, 6.07) is 2.41. The second kappa shape index (κ2) is 5.35. The van der Waals surface area contributed by atoms with Gasteiger partial charge in [-0.1, -0.05) is 0 Å². The number of aliphatic hydroxyl groups excluding tert-OH is 1. The summed E-state index contributed by atoms with van der Waals surface area (Å²) in [4.78, 5) is 12.2. The minimum Gasteiger partial charge on any atom is -0.391 e. The van der Waals surface area contributed by atoms with Crippen LogP contribution in [0.3, 0.4) is 0 Å². The topological polar surface area (TPSA) is 66.6 Å². The number of hydrogen-bond acceptors (Lipinski definition) is 4. The molecule has 0 aromatic heterocycles. The zero-order chi connectivity index (χ0) is 13.3. The number of piperidine rings is 1. The van der Waals surface area contributed by atoms with Crippen LogP contribution in [0.5, 0.6) is 0 Å². The van der Waals surface area contributed by atoms with Gasteiger partial charge in [-0.25, -0.2) is 4.39 Å². The fourth-order valence-electron chi connectivity index (χ4n) is 2.10. The van der Waals surface area contributed by atoms with Crippen LogP contribution in [-0.2, 0) is 0 Å². The van der Waals surface area contributed by atoms with Gasteiger partial charge in [0.15, 0.2) is 0 Å². The van der Waals surface area contributed by atoms with Crippen LogP contribution in [0.4, 0.5) is 15.8 Å². The Labute approximate surface area is 117 Å². The molecular weight excluding hydrogens is 354 g/mol. The molecule has 0 amide bonds. The lowest BCUT2D eigenvalue weighted by molar-refractivity contribution is -0.384. The number of hydrogen-bond donors (Lipinski definition) is 1. The van der Waals surface area contributed by atoms with E-state index in [9.17, 15) is 19.6 Å².